The molecule has 3 rings (SSSR count). The first-order chi connectivity index (χ1) is 13.3. The van der Waals surface area contributed by atoms with Crippen LogP contribution in [0.15, 0.2) is 46.9 Å². The number of carbonyl (C=O) groups is 2. The lowest BCUT2D eigenvalue weighted by molar-refractivity contribution is -0.114. The van der Waals surface area contributed by atoms with Gasteiger partial charge in [0, 0.05) is 12.5 Å². The van der Waals surface area contributed by atoms with Crippen LogP contribution in [0.3, 0.4) is 0 Å². The zero-order valence-corrected chi connectivity index (χ0v) is 16.4. The average Bonchev–Trinajstić information content (AvgIpc) is 3.02. The van der Waals surface area contributed by atoms with Crippen molar-refractivity contribution in [2.45, 2.75) is 34.2 Å². The van der Waals surface area contributed by atoms with Gasteiger partial charge in [-0.2, -0.15) is 0 Å². The van der Waals surface area contributed by atoms with Gasteiger partial charge >= 0.3 is 0 Å². The van der Waals surface area contributed by atoms with Gasteiger partial charge in [0.1, 0.15) is 11.5 Å². The van der Waals surface area contributed by atoms with Crippen molar-refractivity contribution in [2.75, 3.05) is 5.32 Å². The lowest BCUT2D eigenvalue weighted by Crippen LogP contribution is -2.24. The van der Waals surface area contributed by atoms with Crippen LogP contribution in [0, 0.1) is 20.8 Å². The van der Waals surface area contributed by atoms with Crippen LogP contribution in [-0.2, 0) is 11.3 Å². The Morgan fingerprint density at radius 1 is 1.07 bits per heavy atom. The van der Waals surface area contributed by atoms with E-state index in [-0.39, 0.29) is 18.4 Å². The molecule has 1 heterocycles. The number of aromatic nitrogens is 1. The molecule has 0 radical (unpaired) electrons. The summed E-state index contributed by atoms with van der Waals surface area (Å²) in [5.74, 6) is 0.701. The van der Waals surface area contributed by atoms with Gasteiger partial charge in [0.25, 0.3) is 5.91 Å². The van der Waals surface area contributed by atoms with E-state index >= 15 is 0 Å². The SMILES string of the molecule is CC(=O)Nc1ccccc1-c1nc(CNC(=O)c2cc(C)ccc2C)c(C)o1. The molecule has 0 fully saturated rings. The first kappa shape index (κ1) is 19.4. The lowest BCUT2D eigenvalue weighted by atomic mass is 10.1. The minimum absolute atomic E-state index is 0.149. The van der Waals surface area contributed by atoms with Crippen molar-refractivity contribution in [1.82, 2.24) is 10.3 Å². The molecule has 0 unspecified atom stereocenters. The van der Waals surface area contributed by atoms with Gasteiger partial charge in [0.15, 0.2) is 0 Å². The molecule has 2 aromatic carbocycles. The molecule has 0 bridgehead atoms. The fourth-order valence-corrected chi connectivity index (χ4v) is 2.92. The third kappa shape index (κ3) is 4.28. The second-order valence-electron chi connectivity index (χ2n) is 6.75. The Morgan fingerprint density at radius 3 is 2.57 bits per heavy atom. The van der Waals surface area contributed by atoms with Crippen LogP contribution < -0.4 is 10.6 Å². The van der Waals surface area contributed by atoms with E-state index in [0.29, 0.717) is 34.2 Å². The Hall–Kier alpha value is -3.41. The van der Waals surface area contributed by atoms with Crippen LogP contribution in [0.5, 0.6) is 0 Å². The maximum atomic E-state index is 12.5. The molecule has 0 spiro atoms. The van der Waals surface area contributed by atoms with Gasteiger partial charge in [-0.1, -0.05) is 29.8 Å². The fourth-order valence-electron chi connectivity index (χ4n) is 2.92. The van der Waals surface area contributed by atoms with Gasteiger partial charge in [-0.15, -0.1) is 0 Å². The van der Waals surface area contributed by atoms with Crippen LogP contribution in [0.2, 0.25) is 0 Å². The number of anilines is 1. The molecule has 0 atom stereocenters. The van der Waals surface area contributed by atoms with Gasteiger partial charge in [0.2, 0.25) is 11.8 Å². The van der Waals surface area contributed by atoms with Crippen LogP contribution in [-0.4, -0.2) is 16.8 Å². The number of rotatable bonds is 5. The molecule has 0 saturated carbocycles. The Labute approximate surface area is 164 Å². The van der Waals surface area contributed by atoms with E-state index in [1.807, 2.05) is 50.2 Å². The molecule has 0 saturated heterocycles. The molecule has 0 aliphatic carbocycles. The summed E-state index contributed by atoms with van der Waals surface area (Å²) in [7, 11) is 0. The van der Waals surface area contributed by atoms with Crippen LogP contribution in [0.1, 0.15) is 39.9 Å². The Kier molecular flexibility index (Phi) is 5.59. The third-order valence-electron chi connectivity index (χ3n) is 4.41. The normalized spacial score (nSPS) is 10.6. The number of amides is 2. The molecule has 144 valence electrons. The highest BCUT2D eigenvalue weighted by Crippen LogP contribution is 2.28. The van der Waals surface area contributed by atoms with Gasteiger partial charge in [0.05, 0.1) is 17.8 Å². The predicted octanol–water partition coefficient (Wildman–Crippen LogP) is 4.16. The number of benzene rings is 2. The molecule has 1 aromatic heterocycles. The second-order valence-corrected chi connectivity index (χ2v) is 6.75. The summed E-state index contributed by atoms with van der Waals surface area (Å²) in [6, 6.07) is 13.1. The van der Waals surface area contributed by atoms with Crippen molar-refractivity contribution in [3.8, 4) is 11.5 Å². The number of aryl methyl sites for hydroxylation is 3. The zero-order chi connectivity index (χ0) is 20.3. The molecular formula is C22H23N3O3. The molecule has 0 aliphatic heterocycles. The number of hydrogen-bond donors (Lipinski definition) is 2. The minimum Gasteiger partial charge on any atom is -0.441 e. The highest BCUT2D eigenvalue weighted by atomic mass is 16.4. The van der Waals surface area contributed by atoms with Crippen molar-refractivity contribution in [2.24, 2.45) is 0 Å². The minimum atomic E-state index is -0.170. The first-order valence-electron chi connectivity index (χ1n) is 9.04. The number of carbonyl (C=O) groups excluding carboxylic acids is 2. The van der Waals surface area contributed by atoms with Crippen molar-refractivity contribution in [3.63, 3.8) is 0 Å². The topological polar surface area (TPSA) is 84.2 Å². The average molecular weight is 377 g/mol. The Morgan fingerprint density at radius 2 is 1.82 bits per heavy atom. The maximum Gasteiger partial charge on any atom is 0.251 e. The van der Waals surface area contributed by atoms with Crippen molar-refractivity contribution < 1.29 is 14.0 Å². The first-order valence-corrected chi connectivity index (χ1v) is 9.04. The summed E-state index contributed by atoms with van der Waals surface area (Å²) in [5, 5.41) is 5.68. The largest absolute Gasteiger partial charge is 0.441 e. The smallest absolute Gasteiger partial charge is 0.251 e. The van der Waals surface area contributed by atoms with Gasteiger partial charge in [-0.05, 0) is 44.5 Å². The lowest BCUT2D eigenvalue weighted by Gasteiger charge is -2.07. The van der Waals surface area contributed by atoms with E-state index in [1.54, 1.807) is 13.0 Å². The number of nitrogens with zero attached hydrogens (tertiary/aromatic N) is 1. The summed E-state index contributed by atoms with van der Waals surface area (Å²) in [5.41, 5.74) is 4.56. The van der Waals surface area contributed by atoms with E-state index in [1.165, 1.54) is 6.92 Å². The van der Waals surface area contributed by atoms with Gasteiger partial charge in [-0.3, -0.25) is 9.59 Å². The number of hydrogen-bond acceptors (Lipinski definition) is 4. The zero-order valence-electron chi connectivity index (χ0n) is 16.4. The highest BCUT2D eigenvalue weighted by molar-refractivity contribution is 5.95. The van der Waals surface area contributed by atoms with Crippen molar-refractivity contribution in [3.05, 3.63) is 70.6 Å². The summed E-state index contributed by atoms with van der Waals surface area (Å²) < 4.78 is 5.79. The Balaban J connectivity index is 1.79. The molecule has 2 N–H and O–H groups in total. The monoisotopic (exact) mass is 377 g/mol. The van der Waals surface area contributed by atoms with Crippen molar-refractivity contribution in [1.29, 1.82) is 0 Å². The predicted molar refractivity (Wildman–Crippen MR) is 108 cm³/mol. The van der Waals surface area contributed by atoms with E-state index in [2.05, 4.69) is 15.6 Å². The molecule has 6 heteroatoms. The summed E-state index contributed by atoms with van der Waals surface area (Å²) in [4.78, 5) is 28.5. The molecule has 2 amide bonds. The highest BCUT2D eigenvalue weighted by Gasteiger charge is 2.16. The maximum absolute atomic E-state index is 12.5. The second kappa shape index (κ2) is 8.08. The Bertz CT molecular complexity index is 1040. The van der Waals surface area contributed by atoms with Crippen LogP contribution >= 0.6 is 0 Å². The van der Waals surface area contributed by atoms with E-state index in [4.69, 9.17) is 4.42 Å². The van der Waals surface area contributed by atoms with Gasteiger partial charge in [-0.25, -0.2) is 4.98 Å². The standard InChI is InChI=1S/C22H23N3O3/c1-13-9-10-14(2)18(11-13)21(27)23-12-20-15(3)28-22(25-20)17-7-5-6-8-19(17)24-16(4)26/h5-11H,12H2,1-4H3,(H,23,27)(H,24,26). The third-order valence-corrected chi connectivity index (χ3v) is 4.41. The quantitative estimate of drug-likeness (QED) is 0.699. The molecule has 28 heavy (non-hydrogen) atoms. The number of oxazole rings is 1. The van der Waals surface area contributed by atoms with E-state index in [9.17, 15) is 9.59 Å². The van der Waals surface area contributed by atoms with Crippen LogP contribution in [0.25, 0.3) is 11.5 Å². The fraction of sp³-hybridized carbons (Fsp3) is 0.227. The van der Waals surface area contributed by atoms with E-state index in [0.717, 1.165) is 11.1 Å². The molecular weight excluding hydrogens is 354 g/mol. The van der Waals surface area contributed by atoms with Gasteiger partial charge < -0.3 is 15.1 Å². The molecule has 6 nitrogen and oxygen atoms in total. The summed E-state index contributed by atoms with van der Waals surface area (Å²) in [6.45, 7) is 7.37. The number of nitrogens with one attached hydrogen (secondary N) is 2. The summed E-state index contributed by atoms with van der Waals surface area (Å²) in [6.07, 6.45) is 0. The molecule has 0 aliphatic rings. The van der Waals surface area contributed by atoms with E-state index < -0.39 is 0 Å². The van der Waals surface area contributed by atoms with Crippen LogP contribution in [0.4, 0.5) is 5.69 Å². The molecule has 3 aromatic rings. The summed E-state index contributed by atoms with van der Waals surface area (Å²) >= 11 is 0. The van der Waals surface area contributed by atoms with Crippen molar-refractivity contribution >= 4 is 17.5 Å². The number of para-hydroxylation sites is 1.